The maximum absolute atomic E-state index is 7.33. The minimum absolute atomic E-state index is 0.141. The first-order chi connectivity index (χ1) is 6.61. The zero-order chi connectivity index (χ0) is 10.6. The van der Waals surface area contributed by atoms with Crippen molar-refractivity contribution in [2.45, 2.75) is 25.8 Å². The molecule has 2 unspecified atom stereocenters. The fourth-order valence-corrected chi connectivity index (χ4v) is 1.75. The lowest BCUT2D eigenvalue weighted by Crippen LogP contribution is -2.42. The van der Waals surface area contributed by atoms with Gasteiger partial charge < -0.3 is 15.4 Å². The van der Waals surface area contributed by atoms with Crippen molar-refractivity contribution in [3.8, 4) is 0 Å². The molecular formula is C10H21N3O. The molecule has 0 aromatic heterocycles. The highest BCUT2D eigenvalue weighted by atomic mass is 16.5. The summed E-state index contributed by atoms with van der Waals surface area (Å²) in [7, 11) is 2.08. The number of amidine groups is 1. The molecule has 0 aromatic rings. The fraction of sp³-hybridized carbons (Fsp3) is 0.900. The van der Waals surface area contributed by atoms with Gasteiger partial charge in [-0.3, -0.25) is 5.41 Å². The molecule has 82 valence electrons. The van der Waals surface area contributed by atoms with Gasteiger partial charge in [-0.15, -0.1) is 0 Å². The second kappa shape index (κ2) is 5.32. The average molecular weight is 199 g/mol. The number of ether oxygens (including phenoxy) is 1. The molecule has 1 rings (SSSR count). The van der Waals surface area contributed by atoms with Crippen molar-refractivity contribution in [2.75, 3.05) is 26.8 Å². The Hall–Kier alpha value is -0.610. The molecule has 2 atom stereocenters. The number of likely N-dealkylation sites (N-methyl/N-ethyl adjacent to an activating group) is 1. The maximum Gasteiger partial charge on any atom is 0.0947 e. The third-order valence-electron chi connectivity index (χ3n) is 2.85. The number of nitrogens with zero attached hydrogens (tertiary/aromatic N) is 1. The van der Waals surface area contributed by atoms with Crippen molar-refractivity contribution in [3.05, 3.63) is 0 Å². The summed E-state index contributed by atoms with van der Waals surface area (Å²) in [6.45, 7) is 4.56. The Morgan fingerprint density at radius 3 is 2.93 bits per heavy atom. The van der Waals surface area contributed by atoms with Crippen LogP contribution >= 0.6 is 0 Å². The summed E-state index contributed by atoms with van der Waals surface area (Å²) in [6, 6.07) is 0.505. The van der Waals surface area contributed by atoms with Crippen molar-refractivity contribution in [1.29, 1.82) is 5.41 Å². The molecule has 1 aliphatic rings. The highest BCUT2D eigenvalue weighted by molar-refractivity contribution is 5.79. The van der Waals surface area contributed by atoms with E-state index in [2.05, 4.69) is 11.9 Å². The van der Waals surface area contributed by atoms with Crippen molar-refractivity contribution >= 4 is 5.84 Å². The summed E-state index contributed by atoms with van der Waals surface area (Å²) in [6.07, 6.45) is 2.34. The quantitative estimate of drug-likeness (QED) is 0.516. The van der Waals surface area contributed by atoms with E-state index < -0.39 is 0 Å². The van der Waals surface area contributed by atoms with Crippen LogP contribution in [-0.2, 0) is 4.74 Å². The zero-order valence-corrected chi connectivity index (χ0v) is 9.12. The second-order valence-corrected chi connectivity index (χ2v) is 4.17. The third kappa shape index (κ3) is 3.27. The Bertz CT molecular complexity index is 190. The van der Waals surface area contributed by atoms with Gasteiger partial charge >= 0.3 is 0 Å². The molecule has 0 aromatic carbocycles. The molecule has 0 radical (unpaired) electrons. The van der Waals surface area contributed by atoms with E-state index in [0.29, 0.717) is 6.04 Å². The Kier molecular flexibility index (Phi) is 4.35. The summed E-state index contributed by atoms with van der Waals surface area (Å²) in [4.78, 5) is 2.26. The number of hydrogen-bond donors (Lipinski definition) is 2. The molecule has 0 aliphatic carbocycles. The molecular weight excluding hydrogens is 178 g/mol. The molecule has 1 heterocycles. The second-order valence-electron chi connectivity index (χ2n) is 4.17. The van der Waals surface area contributed by atoms with Crippen LogP contribution in [0.15, 0.2) is 0 Å². The SMILES string of the molecule is CC(CN(C)C1CCCOC1)C(=N)N. The highest BCUT2D eigenvalue weighted by Gasteiger charge is 2.20. The van der Waals surface area contributed by atoms with Crippen LogP contribution < -0.4 is 5.73 Å². The molecule has 1 saturated heterocycles. The largest absolute Gasteiger partial charge is 0.387 e. The molecule has 0 bridgehead atoms. The van der Waals surface area contributed by atoms with Gasteiger partial charge in [0.25, 0.3) is 0 Å². The smallest absolute Gasteiger partial charge is 0.0947 e. The van der Waals surface area contributed by atoms with Crippen molar-refractivity contribution in [1.82, 2.24) is 4.90 Å². The zero-order valence-electron chi connectivity index (χ0n) is 9.12. The minimum atomic E-state index is 0.141. The van der Waals surface area contributed by atoms with Crippen molar-refractivity contribution in [2.24, 2.45) is 11.7 Å². The molecule has 1 fully saturated rings. The van der Waals surface area contributed by atoms with Crippen LogP contribution in [0.3, 0.4) is 0 Å². The van der Waals surface area contributed by atoms with Gasteiger partial charge in [-0.2, -0.15) is 0 Å². The summed E-state index contributed by atoms with van der Waals surface area (Å²) in [5.41, 5.74) is 5.44. The van der Waals surface area contributed by atoms with Crippen molar-refractivity contribution in [3.63, 3.8) is 0 Å². The Labute approximate surface area is 85.9 Å². The maximum atomic E-state index is 7.33. The molecule has 3 N–H and O–H groups in total. The van der Waals surface area contributed by atoms with Gasteiger partial charge in [-0.05, 0) is 19.9 Å². The fourth-order valence-electron chi connectivity index (χ4n) is 1.75. The van der Waals surface area contributed by atoms with Gasteiger partial charge in [0.2, 0.25) is 0 Å². The standard InChI is InChI=1S/C10H21N3O/c1-8(10(11)12)6-13(2)9-4-3-5-14-7-9/h8-9H,3-7H2,1-2H3,(H3,11,12). The normalized spacial score (nSPS) is 24.9. The van der Waals surface area contributed by atoms with E-state index in [1.54, 1.807) is 0 Å². The summed E-state index contributed by atoms with van der Waals surface area (Å²) < 4.78 is 5.42. The van der Waals surface area contributed by atoms with Gasteiger partial charge in [-0.1, -0.05) is 6.92 Å². The summed E-state index contributed by atoms with van der Waals surface area (Å²) >= 11 is 0. The lowest BCUT2D eigenvalue weighted by atomic mass is 10.1. The summed E-state index contributed by atoms with van der Waals surface area (Å²) in [5, 5.41) is 7.33. The summed E-state index contributed by atoms with van der Waals surface area (Å²) in [5.74, 6) is 0.413. The molecule has 1 aliphatic heterocycles. The lowest BCUT2D eigenvalue weighted by molar-refractivity contribution is 0.0257. The first-order valence-electron chi connectivity index (χ1n) is 5.23. The number of rotatable bonds is 4. The highest BCUT2D eigenvalue weighted by Crippen LogP contribution is 2.13. The Morgan fingerprint density at radius 1 is 1.71 bits per heavy atom. The van der Waals surface area contributed by atoms with E-state index in [4.69, 9.17) is 15.9 Å². The van der Waals surface area contributed by atoms with E-state index in [-0.39, 0.29) is 11.8 Å². The van der Waals surface area contributed by atoms with Crippen LogP contribution in [0.25, 0.3) is 0 Å². The predicted octanol–water partition coefficient (Wildman–Crippen LogP) is 0.669. The number of nitrogens with one attached hydrogen (secondary N) is 1. The van der Waals surface area contributed by atoms with Gasteiger partial charge in [0, 0.05) is 25.1 Å². The van der Waals surface area contributed by atoms with E-state index in [9.17, 15) is 0 Å². The van der Waals surface area contributed by atoms with Crippen LogP contribution in [0.2, 0.25) is 0 Å². The van der Waals surface area contributed by atoms with Gasteiger partial charge in [0.1, 0.15) is 0 Å². The van der Waals surface area contributed by atoms with Gasteiger partial charge in [0.15, 0.2) is 0 Å². The first kappa shape index (κ1) is 11.5. The van der Waals surface area contributed by atoms with Crippen molar-refractivity contribution < 1.29 is 4.74 Å². The molecule has 14 heavy (non-hydrogen) atoms. The van der Waals surface area contributed by atoms with Crippen LogP contribution in [0.4, 0.5) is 0 Å². The third-order valence-corrected chi connectivity index (χ3v) is 2.85. The molecule has 0 amide bonds. The number of hydrogen-bond acceptors (Lipinski definition) is 3. The minimum Gasteiger partial charge on any atom is -0.387 e. The van der Waals surface area contributed by atoms with E-state index in [0.717, 1.165) is 26.2 Å². The lowest BCUT2D eigenvalue weighted by Gasteiger charge is -2.32. The molecule has 0 spiro atoms. The van der Waals surface area contributed by atoms with Crippen LogP contribution in [-0.4, -0.2) is 43.6 Å². The van der Waals surface area contributed by atoms with Crippen LogP contribution in [0.5, 0.6) is 0 Å². The number of nitrogens with two attached hydrogens (primary N) is 1. The van der Waals surface area contributed by atoms with E-state index in [1.807, 2.05) is 6.92 Å². The Morgan fingerprint density at radius 2 is 2.43 bits per heavy atom. The van der Waals surface area contributed by atoms with Crippen LogP contribution in [0.1, 0.15) is 19.8 Å². The average Bonchev–Trinajstić information content (AvgIpc) is 2.19. The Balaban J connectivity index is 2.32. The monoisotopic (exact) mass is 199 g/mol. The predicted molar refractivity (Wildman–Crippen MR) is 57.5 cm³/mol. The molecule has 4 nitrogen and oxygen atoms in total. The van der Waals surface area contributed by atoms with E-state index in [1.165, 1.54) is 6.42 Å². The molecule has 0 saturated carbocycles. The first-order valence-corrected chi connectivity index (χ1v) is 5.23. The van der Waals surface area contributed by atoms with Crippen LogP contribution in [0, 0.1) is 11.3 Å². The topological polar surface area (TPSA) is 62.3 Å². The molecule has 4 heteroatoms. The van der Waals surface area contributed by atoms with Gasteiger partial charge in [-0.25, -0.2) is 0 Å². The van der Waals surface area contributed by atoms with E-state index >= 15 is 0 Å². The van der Waals surface area contributed by atoms with Gasteiger partial charge in [0.05, 0.1) is 12.4 Å².